The Morgan fingerprint density at radius 1 is 1.14 bits per heavy atom. The van der Waals surface area contributed by atoms with Gasteiger partial charge in [0.15, 0.2) is 5.75 Å². The molecule has 0 radical (unpaired) electrons. The zero-order chi connectivity index (χ0) is 19.9. The molecule has 0 saturated carbocycles. The lowest BCUT2D eigenvalue weighted by molar-refractivity contribution is 0.310. The maximum absolute atomic E-state index is 8.92. The molecule has 0 atom stereocenters. The van der Waals surface area contributed by atoms with Crippen LogP contribution in [0.25, 0.3) is 11.3 Å². The number of allylic oxidation sites excluding steroid dienone is 1. The fourth-order valence-corrected chi connectivity index (χ4v) is 2.69. The minimum absolute atomic E-state index is 0.459. The molecule has 6 heteroatoms. The van der Waals surface area contributed by atoms with Crippen LogP contribution in [0.15, 0.2) is 66.5 Å². The summed E-state index contributed by atoms with van der Waals surface area (Å²) in [6, 6.07) is 16.8. The van der Waals surface area contributed by atoms with E-state index in [0.717, 1.165) is 22.7 Å². The van der Waals surface area contributed by atoms with E-state index in [0.29, 0.717) is 23.7 Å². The van der Waals surface area contributed by atoms with E-state index in [1.54, 1.807) is 30.5 Å². The fourth-order valence-electron chi connectivity index (χ4n) is 2.69. The highest BCUT2D eigenvalue weighted by molar-refractivity contribution is 5.72. The van der Waals surface area contributed by atoms with E-state index in [9.17, 15) is 0 Å². The first-order valence-corrected chi connectivity index (χ1v) is 8.88. The Morgan fingerprint density at radius 3 is 2.57 bits per heavy atom. The highest BCUT2D eigenvalue weighted by atomic mass is 16.5. The average Bonchev–Trinajstić information content (AvgIpc) is 3.17. The van der Waals surface area contributed by atoms with Gasteiger partial charge in [0, 0.05) is 25.4 Å². The van der Waals surface area contributed by atoms with Gasteiger partial charge in [-0.2, -0.15) is 10.4 Å². The van der Waals surface area contributed by atoms with Crippen LogP contribution in [-0.2, 0) is 0 Å². The number of hydrogen-bond donors (Lipinski definition) is 1. The summed E-state index contributed by atoms with van der Waals surface area (Å²) in [7, 11) is 3.98. The smallest absolute Gasteiger partial charge is 0.173 e. The molecule has 6 nitrogen and oxygen atoms in total. The average molecular weight is 374 g/mol. The molecule has 0 aliphatic heterocycles. The second-order valence-electron chi connectivity index (χ2n) is 6.31. The van der Waals surface area contributed by atoms with Crippen LogP contribution in [0.1, 0.15) is 12.5 Å². The summed E-state index contributed by atoms with van der Waals surface area (Å²) < 4.78 is 12.0. The number of nitrogens with one attached hydrogen (secondary N) is 1. The summed E-state index contributed by atoms with van der Waals surface area (Å²) in [6.07, 6.45) is 3.65. The molecule has 2 aromatic carbocycles. The molecule has 1 heterocycles. The summed E-state index contributed by atoms with van der Waals surface area (Å²) in [5.74, 6) is 1.95. The van der Waals surface area contributed by atoms with Gasteiger partial charge in [-0.25, -0.2) is 0 Å². The Labute approximate surface area is 164 Å². The van der Waals surface area contributed by atoms with Gasteiger partial charge >= 0.3 is 0 Å². The number of likely N-dealkylation sites (N-methyl/N-ethyl adjacent to an activating group) is 1. The Balaban J connectivity index is 1.85. The number of ether oxygens (including phenoxy) is 2. The van der Waals surface area contributed by atoms with Gasteiger partial charge in [0.2, 0.25) is 0 Å². The maximum atomic E-state index is 8.92. The van der Waals surface area contributed by atoms with Crippen molar-refractivity contribution in [1.29, 1.82) is 5.26 Å². The number of aromatic amines is 1. The van der Waals surface area contributed by atoms with Gasteiger partial charge in [0.1, 0.15) is 23.8 Å². The van der Waals surface area contributed by atoms with Crippen LogP contribution in [0.3, 0.4) is 0 Å². The van der Waals surface area contributed by atoms with Crippen molar-refractivity contribution < 1.29 is 9.47 Å². The van der Waals surface area contributed by atoms with Crippen LogP contribution in [-0.4, -0.2) is 35.8 Å². The van der Waals surface area contributed by atoms with Crippen molar-refractivity contribution >= 4 is 0 Å². The highest BCUT2D eigenvalue weighted by Gasteiger charge is 2.15. The molecule has 0 fully saturated rings. The van der Waals surface area contributed by atoms with Crippen LogP contribution in [0, 0.1) is 11.3 Å². The van der Waals surface area contributed by atoms with Gasteiger partial charge in [-0.3, -0.25) is 5.10 Å². The third-order valence-electron chi connectivity index (χ3n) is 4.26. The molecule has 0 amide bonds. The lowest BCUT2D eigenvalue weighted by Gasteiger charge is -2.18. The van der Waals surface area contributed by atoms with Gasteiger partial charge < -0.3 is 14.4 Å². The Bertz CT molecular complexity index is 998. The predicted molar refractivity (Wildman–Crippen MR) is 108 cm³/mol. The lowest BCUT2D eigenvalue weighted by atomic mass is 10.1. The number of H-pyrrole nitrogens is 1. The SMILES string of the molecule is C/C=C(/COc1ccccc1-c1[nH]ncc1Oc1ccc(C#N)cc1)N(C)C. The molecule has 28 heavy (non-hydrogen) atoms. The minimum atomic E-state index is 0.459. The van der Waals surface area contributed by atoms with E-state index in [1.165, 1.54) is 0 Å². The number of hydrogen-bond acceptors (Lipinski definition) is 5. The molecule has 0 bridgehead atoms. The first-order chi connectivity index (χ1) is 13.6. The van der Waals surface area contributed by atoms with Crippen LogP contribution in [0.5, 0.6) is 17.2 Å². The molecule has 0 aliphatic carbocycles. The summed E-state index contributed by atoms with van der Waals surface area (Å²) in [6.45, 7) is 2.45. The van der Waals surface area contributed by atoms with E-state index in [4.69, 9.17) is 14.7 Å². The first kappa shape index (κ1) is 19.1. The molecular formula is C22H22N4O2. The fraction of sp³-hybridized carbons (Fsp3) is 0.182. The van der Waals surface area contributed by atoms with Crippen molar-refractivity contribution in [3.8, 4) is 34.6 Å². The predicted octanol–water partition coefficient (Wildman–Crippen LogP) is 4.58. The van der Waals surface area contributed by atoms with Crippen LogP contribution < -0.4 is 9.47 Å². The molecule has 142 valence electrons. The van der Waals surface area contributed by atoms with Gasteiger partial charge in [-0.1, -0.05) is 18.2 Å². The Morgan fingerprint density at radius 2 is 1.89 bits per heavy atom. The number of aromatic nitrogens is 2. The summed E-state index contributed by atoms with van der Waals surface area (Å²) in [5, 5.41) is 16.1. The Kier molecular flexibility index (Phi) is 5.97. The Hall–Kier alpha value is -3.72. The number of benzene rings is 2. The molecule has 3 aromatic rings. The normalized spacial score (nSPS) is 11.0. The second kappa shape index (κ2) is 8.78. The van der Waals surface area contributed by atoms with E-state index < -0.39 is 0 Å². The van der Waals surface area contributed by atoms with Gasteiger partial charge in [0.25, 0.3) is 0 Å². The monoisotopic (exact) mass is 374 g/mol. The molecule has 3 rings (SSSR count). The van der Waals surface area contributed by atoms with Gasteiger partial charge in [-0.05, 0) is 43.3 Å². The highest BCUT2D eigenvalue weighted by Crippen LogP contribution is 2.36. The van der Waals surface area contributed by atoms with Crippen LogP contribution >= 0.6 is 0 Å². The van der Waals surface area contributed by atoms with Crippen molar-refractivity contribution in [1.82, 2.24) is 15.1 Å². The van der Waals surface area contributed by atoms with E-state index in [1.807, 2.05) is 56.3 Å². The van der Waals surface area contributed by atoms with Crippen molar-refractivity contribution in [2.24, 2.45) is 0 Å². The minimum Gasteiger partial charge on any atom is -0.487 e. The summed E-state index contributed by atoms with van der Waals surface area (Å²) in [5.41, 5.74) is 3.25. The standard InChI is InChI=1S/C22H22N4O2/c1-4-17(26(2)3)15-27-20-8-6-5-7-19(20)22-21(14-24-25-22)28-18-11-9-16(13-23)10-12-18/h4-12,14H,15H2,1-3H3,(H,24,25)/b17-4-. The van der Waals surface area contributed by atoms with Gasteiger partial charge in [0.05, 0.1) is 17.8 Å². The topological polar surface area (TPSA) is 74.2 Å². The number of nitrogens with zero attached hydrogens (tertiary/aromatic N) is 3. The van der Waals surface area contributed by atoms with Crippen LogP contribution in [0.2, 0.25) is 0 Å². The molecule has 0 aliphatic rings. The van der Waals surface area contributed by atoms with Crippen molar-refractivity contribution in [2.45, 2.75) is 6.92 Å². The molecule has 1 aromatic heterocycles. The van der Waals surface area contributed by atoms with Crippen molar-refractivity contribution in [3.05, 3.63) is 72.1 Å². The van der Waals surface area contributed by atoms with E-state index in [2.05, 4.69) is 16.3 Å². The van der Waals surface area contributed by atoms with Crippen molar-refractivity contribution in [2.75, 3.05) is 20.7 Å². The van der Waals surface area contributed by atoms with Crippen LogP contribution in [0.4, 0.5) is 0 Å². The van der Waals surface area contributed by atoms with E-state index >= 15 is 0 Å². The quantitative estimate of drug-likeness (QED) is 0.655. The largest absolute Gasteiger partial charge is 0.487 e. The lowest BCUT2D eigenvalue weighted by Crippen LogP contribution is -2.17. The first-order valence-electron chi connectivity index (χ1n) is 8.88. The molecule has 0 spiro atoms. The zero-order valence-electron chi connectivity index (χ0n) is 16.1. The number of nitriles is 1. The third kappa shape index (κ3) is 4.33. The van der Waals surface area contributed by atoms with Gasteiger partial charge in [-0.15, -0.1) is 0 Å². The molecule has 0 saturated heterocycles. The number of para-hydroxylation sites is 1. The maximum Gasteiger partial charge on any atom is 0.173 e. The van der Waals surface area contributed by atoms with Crippen molar-refractivity contribution in [3.63, 3.8) is 0 Å². The summed E-state index contributed by atoms with van der Waals surface area (Å²) in [4.78, 5) is 2.03. The molecule has 0 unspecified atom stereocenters. The summed E-state index contributed by atoms with van der Waals surface area (Å²) >= 11 is 0. The molecule has 1 N–H and O–H groups in total. The van der Waals surface area contributed by atoms with E-state index in [-0.39, 0.29) is 0 Å². The zero-order valence-corrected chi connectivity index (χ0v) is 16.1. The molecular weight excluding hydrogens is 352 g/mol. The third-order valence-corrected chi connectivity index (χ3v) is 4.26. The number of rotatable bonds is 7. The second-order valence-corrected chi connectivity index (χ2v) is 6.31.